The maximum absolute atomic E-state index is 12.4. The number of aromatic nitrogens is 1. The summed E-state index contributed by atoms with van der Waals surface area (Å²) >= 11 is 1.15. The number of hydrogen-bond acceptors (Lipinski definition) is 8. The van der Waals surface area contributed by atoms with Gasteiger partial charge in [0.1, 0.15) is 11.6 Å². The van der Waals surface area contributed by atoms with Crippen LogP contribution < -0.4 is 5.32 Å². The summed E-state index contributed by atoms with van der Waals surface area (Å²) in [6.07, 6.45) is 2.39. The molecule has 0 aliphatic rings. The maximum atomic E-state index is 12.4. The summed E-state index contributed by atoms with van der Waals surface area (Å²) in [5.74, 6) is -1.36. The number of anilines is 1. The summed E-state index contributed by atoms with van der Waals surface area (Å²) in [5.41, 5.74) is 1.37. The molecule has 0 unspecified atom stereocenters. The molecule has 2 aromatic carbocycles. The summed E-state index contributed by atoms with van der Waals surface area (Å²) in [6.45, 7) is 0. The van der Waals surface area contributed by atoms with E-state index in [1.54, 1.807) is 23.6 Å². The Balaban J connectivity index is 1.77. The Kier molecular flexibility index (Phi) is 5.86. The average Bonchev–Trinajstić information content (AvgIpc) is 3.16. The Bertz CT molecular complexity index is 1290. The lowest BCUT2D eigenvalue weighted by atomic mass is 10.1. The van der Waals surface area contributed by atoms with E-state index >= 15 is 0 Å². The molecule has 0 saturated heterocycles. The average molecular weight is 441 g/mol. The molecule has 1 heterocycles. The minimum atomic E-state index is -3.30. The molecule has 0 spiro atoms. The van der Waals surface area contributed by atoms with Crippen LogP contribution in [0.5, 0.6) is 11.5 Å². The third-order valence-corrected chi connectivity index (χ3v) is 5.86. The standard InChI is InChI=1S/C20H15N3O5S2/c1-30(27,28)15-5-3-13(4-6-15)16-11-29-20(22-16)23-19(26)14(10-21)8-12-2-7-17(24)18(25)9-12/h2-9,11,24-25H,1H3,(H,22,23,26)/b14-8+. The molecule has 30 heavy (non-hydrogen) atoms. The number of phenols is 2. The number of phenolic OH excluding ortho intramolecular Hbond substituents is 2. The van der Waals surface area contributed by atoms with Crippen LogP contribution >= 0.6 is 11.3 Å². The lowest BCUT2D eigenvalue weighted by Gasteiger charge is -2.02. The van der Waals surface area contributed by atoms with Gasteiger partial charge in [-0.1, -0.05) is 18.2 Å². The molecule has 0 radical (unpaired) electrons. The number of carbonyl (C=O) groups is 1. The van der Waals surface area contributed by atoms with Crippen molar-refractivity contribution in [3.05, 3.63) is 59.0 Å². The Morgan fingerprint density at radius 1 is 1.17 bits per heavy atom. The van der Waals surface area contributed by atoms with Crippen molar-refractivity contribution in [1.29, 1.82) is 5.26 Å². The largest absolute Gasteiger partial charge is 0.504 e. The molecule has 0 saturated carbocycles. The molecule has 8 nitrogen and oxygen atoms in total. The first-order valence-electron chi connectivity index (χ1n) is 8.38. The summed E-state index contributed by atoms with van der Waals surface area (Å²) in [7, 11) is -3.30. The van der Waals surface area contributed by atoms with E-state index in [1.165, 1.54) is 36.4 Å². The van der Waals surface area contributed by atoms with Gasteiger partial charge in [-0.25, -0.2) is 13.4 Å². The first-order valence-corrected chi connectivity index (χ1v) is 11.2. The molecule has 10 heteroatoms. The first kappa shape index (κ1) is 21.0. The van der Waals surface area contributed by atoms with Gasteiger partial charge in [-0.05, 0) is 35.9 Å². The number of benzene rings is 2. The Labute approximate surface area is 176 Å². The van der Waals surface area contributed by atoms with E-state index in [1.807, 2.05) is 0 Å². The first-order chi connectivity index (χ1) is 14.2. The lowest BCUT2D eigenvalue weighted by Crippen LogP contribution is -2.13. The highest BCUT2D eigenvalue weighted by atomic mass is 32.2. The van der Waals surface area contributed by atoms with Crippen LogP contribution in [-0.4, -0.2) is 35.8 Å². The van der Waals surface area contributed by atoms with Crippen molar-refractivity contribution < 1.29 is 23.4 Å². The second-order valence-electron chi connectivity index (χ2n) is 6.21. The Morgan fingerprint density at radius 3 is 2.47 bits per heavy atom. The molecular weight excluding hydrogens is 426 g/mol. The number of nitrogens with one attached hydrogen (secondary N) is 1. The lowest BCUT2D eigenvalue weighted by molar-refractivity contribution is -0.112. The molecule has 0 atom stereocenters. The van der Waals surface area contributed by atoms with Crippen LogP contribution in [0.15, 0.2) is 58.3 Å². The van der Waals surface area contributed by atoms with E-state index in [2.05, 4.69) is 10.3 Å². The SMILES string of the molecule is CS(=O)(=O)c1ccc(-c2csc(NC(=O)/C(C#N)=C/c3ccc(O)c(O)c3)n2)cc1. The van der Waals surface area contributed by atoms with Crippen molar-refractivity contribution >= 4 is 38.3 Å². The van der Waals surface area contributed by atoms with Gasteiger partial charge in [0.2, 0.25) is 0 Å². The minimum Gasteiger partial charge on any atom is -0.504 e. The van der Waals surface area contributed by atoms with Gasteiger partial charge >= 0.3 is 0 Å². The second kappa shape index (κ2) is 8.36. The number of hydrogen-bond donors (Lipinski definition) is 3. The van der Waals surface area contributed by atoms with E-state index < -0.39 is 15.7 Å². The molecule has 0 fully saturated rings. The zero-order valence-electron chi connectivity index (χ0n) is 15.5. The number of nitrogens with zero attached hydrogens (tertiary/aromatic N) is 2. The predicted octanol–water partition coefficient (Wildman–Crippen LogP) is 3.17. The van der Waals surface area contributed by atoms with E-state index in [0.29, 0.717) is 16.8 Å². The molecule has 3 aromatic rings. The van der Waals surface area contributed by atoms with Gasteiger partial charge in [-0.15, -0.1) is 11.3 Å². The highest BCUT2D eigenvalue weighted by Gasteiger charge is 2.14. The van der Waals surface area contributed by atoms with E-state index in [-0.39, 0.29) is 27.1 Å². The fourth-order valence-corrected chi connectivity index (χ4v) is 3.79. The van der Waals surface area contributed by atoms with E-state index in [0.717, 1.165) is 17.6 Å². The van der Waals surface area contributed by atoms with Gasteiger partial charge in [-0.3, -0.25) is 10.1 Å². The molecule has 1 amide bonds. The normalized spacial score (nSPS) is 11.7. The van der Waals surface area contributed by atoms with Crippen LogP contribution in [0.2, 0.25) is 0 Å². The van der Waals surface area contributed by atoms with Crippen molar-refractivity contribution in [1.82, 2.24) is 4.98 Å². The molecular formula is C20H15N3O5S2. The van der Waals surface area contributed by atoms with Gasteiger partial charge in [0.25, 0.3) is 5.91 Å². The zero-order valence-corrected chi connectivity index (χ0v) is 17.2. The fraction of sp³-hybridized carbons (Fsp3) is 0.0500. The molecule has 0 aliphatic heterocycles. The quantitative estimate of drug-likeness (QED) is 0.314. The number of rotatable bonds is 5. The molecule has 0 bridgehead atoms. The topological polar surface area (TPSA) is 140 Å². The molecule has 3 N–H and O–H groups in total. The fourth-order valence-electron chi connectivity index (χ4n) is 2.45. The summed E-state index contributed by atoms with van der Waals surface area (Å²) < 4.78 is 23.1. The molecule has 152 valence electrons. The van der Waals surface area contributed by atoms with Crippen LogP contribution in [0.4, 0.5) is 5.13 Å². The van der Waals surface area contributed by atoms with E-state index in [4.69, 9.17) is 0 Å². The number of thiazole rings is 1. The van der Waals surface area contributed by atoms with Crippen LogP contribution in [0, 0.1) is 11.3 Å². The van der Waals surface area contributed by atoms with Gasteiger partial charge in [0, 0.05) is 17.2 Å². The number of amides is 1. The van der Waals surface area contributed by atoms with Crippen molar-refractivity contribution in [2.75, 3.05) is 11.6 Å². The number of carbonyl (C=O) groups excluding carboxylic acids is 1. The molecule has 0 aliphatic carbocycles. The highest BCUT2D eigenvalue weighted by Crippen LogP contribution is 2.27. The highest BCUT2D eigenvalue weighted by molar-refractivity contribution is 7.90. The van der Waals surface area contributed by atoms with Gasteiger partial charge in [0.05, 0.1) is 10.6 Å². The van der Waals surface area contributed by atoms with Crippen LogP contribution in [0.25, 0.3) is 17.3 Å². The monoisotopic (exact) mass is 441 g/mol. The number of nitriles is 1. The Morgan fingerprint density at radius 2 is 1.87 bits per heavy atom. The number of sulfone groups is 1. The van der Waals surface area contributed by atoms with Crippen molar-refractivity contribution in [2.45, 2.75) is 4.90 Å². The van der Waals surface area contributed by atoms with Crippen LogP contribution in [0.3, 0.4) is 0 Å². The van der Waals surface area contributed by atoms with Gasteiger partial charge in [-0.2, -0.15) is 5.26 Å². The number of aromatic hydroxyl groups is 2. The van der Waals surface area contributed by atoms with Crippen LogP contribution in [0.1, 0.15) is 5.56 Å². The van der Waals surface area contributed by atoms with Gasteiger partial charge in [0.15, 0.2) is 26.5 Å². The minimum absolute atomic E-state index is 0.194. The smallest absolute Gasteiger partial charge is 0.268 e. The van der Waals surface area contributed by atoms with Crippen molar-refractivity contribution in [2.24, 2.45) is 0 Å². The van der Waals surface area contributed by atoms with Crippen LogP contribution in [-0.2, 0) is 14.6 Å². The van der Waals surface area contributed by atoms with Crippen molar-refractivity contribution in [3.63, 3.8) is 0 Å². The van der Waals surface area contributed by atoms with Gasteiger partial charge < -0.3 is 10.2 Å². The molecule has 3 rings (SSSR count). The Hall–Kier alpha value is -3.68. The van der Waals surface area contributed by atoms with E-state index in [9.17, 15) is 28.7 Å². The predicted molar refractivity (Wildman–Crippen MR) is 113 cm³/mol. The molecule has 1 aromatic heterocycles. The summed E-state index contributed by atoms with van der Waals surface area (Å²) in [5, 5.41) is 32.6. The third kappa shape index (κ3) is 4.83. The van der Waals surface area contributed by atoms with Crippen molar-refractivity contribution in [3.8, 4) is 28.8 Å². The second-order valence-corrected chi connectivity index (χ2v) is 9.08. The summed E-state index contributed by atoms with van der Waals surface area (Å²) in [4.78, 5) is 16.9. The zero-order chi connectivity index (χ0) is 21.9. The third-order valence-electron chi connectivity index (χ3n) is 3.98. The summed E-state index contributed by atoms with van der Waals surface area (Å²) in [6, 6.07) is 11.9. The maximum Gasteiger partial charge on any atom is 0.268 e.